The van der Waals surface area contributed by atoms with Crippen molar-refractivity contribution in [1.82, 2.24) is 0 Å². The fraction of sp³-hybridized carbons (Fsp3) is 0.273. The Bertz CT molecular complexity index is 424. The minimum Gasteiger partial charge on any atom is -0.478 e. The summed E-state index contributed by atoms with van der Waals surface area (Å²) in [5.74, 6) is -0.973. The molecule has 5 nitrogen and oxygen atoms in total. The van der Waals surface area contributed by atoms with Crippen LogP contribution in [0.1, 0.15) is 0 Å². The van der Waals surface area contributed by atoms with Crippen molar-refractivity contribution < 1.29 is 19.4 Å². The van der Waals surface area contributed by atoms with Crippen LogP contribution < -0.4 is 5.32 Å². The van der Waals surface area contributed by atoms with E-state index in [2.05, 4.69) is 5.32 Å². The molecule has 1 amide bonds. The molecule has 0 heterocycles. The molecule has 18 heavy (non-hydrogen) atoms. The molecule has 0 saturated carbocycles. The molecule has 0 aliphatic heterocycles. The molecular weight excluding hydrogens is 278 g/mol. The van der Waals surface area contributed by atoms with E-state index in [1.54, 1.807) is 30.5 Å². The summed E-state index contributed by atoms with van der Waals surface area (Å²) in [5, 5.41) is 11.8. The number of ether oxygens (including phenoxy) is 1. The Kier molecular flexibility index (Phi) is 5.80. The summed E-state index contributed by atoms with van der Waals surface area (Å²) in [6, 6.07) is 6.39. The highest BCUT2D eigenvalue weighted by molar-refractivity contribution is 7.98. The lowest BCUT2D eigenvalue weighted by molar-refractivity contribution is -0.145. The first kappa shape index (κ1) is 14.7. The van der Waals surface area contributed by atoms with Gasteiger partial charge in [-0.3, -0.25) is 5.32 Å². The summed E-state index contributed by atoms with van der Waals surface area (Å²) < 4.78 is 4.78. The maximum atomic E-state index is 11.4. The number of halogens is 1. The van der Waals surface area contributed by atoms with Crippen molar-refractivity contribution in [3.8, 4) is 0 Å². The van der Waals surface area contributed by atoms with Crippen molar-refractivity contribution >= 4 is 41.1 Å². The highest BCUT2D eigenvalue weighted by Crippen LogP contribution is 2.14. The molecule has 1 atom stereocenters. The molecule has 0 bridgehead atoms. The second kappa shape index (κ2) is 7.13. The number of hydrogen-bond acceptors (Lipinski definition) is 4. The lowest BCUT2D eigenvalue weighted by Crippen LogP contribution is -2.31. The SMILES string of the molecule is CSC[C@H](OC(=O)Nc1ccc(Cl)cc1)C(=O)O. The number of carboxylic acid groups (broad SMARTS) is 1. The maximum Gasteiger partial charge on any atom is 0.412 e. The zero-order valence-electron chi connectivity index (χ0n) is 9.55. The first-order chi connectivity index (χ1) is 8.52. The van der Waals surface area contributed by atoms with Gasteiger partial charge in [-0.1, -0.05) is 11.6 Å². The molecule has 0 saturated heterocycles. The number of aliphatic carboxylic acids is 1. The van der Waals surface area contributed by atoms with Gasteiger partial charge < -0.3 is 9.84 Å². The first-order valence-corrected chi connectivity index (χ1v) is 6.75. The second-order valence-corrected chi connectivity index (χ2v) is 4.67. The van der Waals surface area contributed by atoms with Gasteiger partial charge in [0.25, 0.3) is 0 Å². The molecule has 1 aromatic rings. The van der Waals surface area contributed by atoms with Crippen LogP contribution in [0.15, 0.2) is 24.3 Å². The van der Waals surface area contributed by atoms with Gasteiger partial charge in [0, 0.05) is 16.5 Å². The topological polar surface area (TPSA) is 75.6 Å². The number of rotatable bonds is 5. The molecule has 0 fully saturated rings. The Morgan fingerprint density at radius 2 is 2.06 bits per heavy atom. The Labute approximate surface area is 113 Å². The summed E-state index contributed by atoms with van der Waals surface area (Å²) in [6.07, 6.45) is -0.234. The van der Waals surface area contributed by atoms with Gasteiger partial charge in [0.2, 0.25) is 6.10 Å². The average Bonchev–Trinajstić information content (AvgIpc) is 2.31. The normalized spacial score (nSPS) is 11.7. The van der Waals surface area contributed by atoms with E-state index in [4.69, 9.17) is 21.4 Å². The molecule has 2 N–H and O–H groups in total. The van der Waals surface area contributed by atoms with Gasteiger partial charge in [-0.25, -0.2) is 9.59 Å². The van der Waals surface area contributed by atoms with Crippen LogP contribution in [0.4, 0.5) is 10.5 Å². The molecule has 0 aliphatic rings. The minimum absolute atomic E-state index is 0.198. The second-order valence-electron chi connectivity index (χ2n) is 3.32. The third-order valence-electron chi connectivity index (χ3n) is 1.93. The van der Waals surface area contributed by atoms with Crippen molar-refractivity contribution in [2.24, 2.45) is 0 Å². The number of thioether (sulfide) groups is 1. The van der Waals surface area contributed by atoms with E-state index in [1.807, 2.05) is 0 Å². The summed E-state index contributed by atoms with van der Waals surface area (Å²) in [6.45, 7) is 0. The Morgan fingerprint density at radius 3 is 2.56 bits per heavy atom. The number of benzene rings is 1. The molecule has 1 rings (SSSR count). The van der Waals surface area contributed by atoms with Crippen LogP contribution in [0.2, 0.25) is 5.02 Å². The molecular formula is C11H12ClNO4S. The molecule has 0 aromatic heterocycles. The molecule has 1 aromatic carbocycles. The van der Waals surface area contributed by atoms with Gasteiger partial charge in [0.1, 0.15) is 0 Å². The van der Waals surface area contributed by atoms with E-state index in [-0.39, 0.29) is 5.75 Å². The predicted molar refractivity (Wildman–Crippen MR) is 71.4 cm³/mol. The van der Waals surface area contributed by atoms with Crippen LogP contribution in [0, 0.1) is 0 Å². The number of carboxylic acids is 1. The fourth-order valence-corrected chi connectivity index (χ4v) is 1.76. The molecule has 7 heteroatoms. The summed E-state index contributed by atoms with van der Waals surface area (Å²) in [4.78, 5) is 22.2. The van der Waals surface area contributed by atoms with Crippen molar-refractivity contribution in [3.63, 3.8) is 0 Å². The zero-order valence-corrected chi connectivity index (χ0v) is 11.1. The van der Waals surface area contributed by atoms with Crippen LogP contribution in [0.25, 0.3) is 0 Å². The maximum absolute atomic E-state index is 11.4. The summed E-state index contributed by atoms with van der Waals surface area (Å²) >= 11 is 6.98. The largest absolute Gasteiger partial charge is 0.478 e. The van der Waals surface area contributed by atoms with E-state index in [0.717, 1.165) is 0 Å². The monoisotopic (exact) mass is 289 g/mol. The molecule has 0 aliphatic carbocycles. The van der Waals surface area contributed by atoms with Crippen molar-refractivity contribution in [3.05, 3.63) is 29.3 Å². The number of anilines is 1. The number of nitrogens with one attached hydrogen (secondary N) is 1. The third-order valence-corrected chi connectivity index (χ3v) is 2.82. The van der Waals surface area contributed by atoms with Crippen LogP contribution in [-0.4, -0.2) is 35.3 Å². The first-order valence-electron chi connectivity index (χ1n) is 4.98. The Morgan fingerprint density at radius 1 is 1.44 bits per heavy atom. The highest BCUT2D eigenvalue weighted by atomic mass is 35.5. The van der Waals surface area contributed by atoms with Crippen molar-refractivity contribution in [2.45, 2.75) is 6.10 Å². The van der Waals surface area contributed by atoms with Crippen LogP contribution in [0.3, 0.4) is 0 Å². The van der Waals surface area contributed by atoms with Gasteiger partial charge in [-0.15, -0.1) is 0 Å². The van der Waals surface area contributed by atoms with Gasteiger partial charge in [0.15, 0.2) is 0 Å². The van der Waals surface area contributed by atoms with Crippen LogP contribution >= 0.6 is 23.4 Å². The van der Waals surface area contributed by atoms with E-state index < -0.39 is 18.2 Å². The van der Waals surface area contributed by atoms with Gasteiger partial charge in [0.05, 0.1) is 0 Å². The summed E-state index contributed by atoms with van der Waals surface area (Å²) in [5.41, 5.74) is 0.484. The van der Waals surface area contributed by atoms with Crippen LogP contribution in [-0.2, 0) is 9.53 Å². The predicted octanol–water partition coefficient (Wildman–Crippen LogP) is 2.70. The number of carbonyl (C=O) groups excluding carboxylic acids is 1. The van der Waals surface area contributed by atoms with Gasteiger partial charge >= 0.3 is 12.1 Å². The van der Waals surface area contributed by atoms with Crippen LogP contribution in [0.5, 0.6) is 0 Å². The molecule has 0 spiro atoms. The lowest BCUT2D eigenvalue weighted by Gasteiger charge is -2.13. The highest BCUT2D eigenvalue weighted by Gasteiger charge is 2.21. The summed E-state index contributed by atoms with van der Waals surface area (Å²) in [7, 11) is 0. The van der Waals surface area contributed by atoms with Gasteiger partial charge in [-0.05, 0) is 30.5 Å². The van der Waals surface area contributed by atoms with E-state index in [1.165, 1.54) is 11.8 Å². The average molecular weight is 290 g/mol. The zero-order chi connectivity index (χ0) is 13.5. The fourth-order valence-electron chi connectivity index (χ4n) is 1.12. The molecule has 98 valence electrons. The van der Waals surface area contributed by atoms with Crippen molar-refractivity contribution in [2.75, 3.05) is 17.3 Å². The standard InChI is InChI=1S/C11H12ClNO4S/c1-18-6-9(10(14)15)17-11(16)13-8-4-2-7(12)3-5-8/h2-5,9H,6H2,1H3,(H,13,16)(H,14,15)/t9-/m0/s1. The van der Waals surface area contributed by atoms with E-state index in [0.29, 0.717) is 10.7 Å². The number of hydrogen-bond donors (Lipinski definition) is 2. The quantitative estimate of drug-likeness (QED) is 0.871. The lowest BCUT2D eigenvalue weighted by atomic mass is 10.3. The van der Waals surface area contributed by atoms with E-state index >= 15 is 0 Å². The number of carbonyl (C=O) groups is 2. The Balaban J connectivity index is 2.54. The Hall–Kier alpha value is -1.40. The smallest absolute Gasteiger partial charge is 0.412 e. The van der Waals surface area contributed by atoms with E-state index in [9.17, 15) is 9.59 Å². The number of amides is 1. The molecule has 0 radical (unpaired) electrons. The molecule has 0 unspecified atom stereocenters. The van der Waals surface area contributed by atoms with Crippen molar-refractivity contribution in [1.29, 1.82) is 0 Å². The van der Waals surface area contributed by atoms with Gasteiger partial charge in [-0.2, -0.15) is 11.8 Å². The third kappa shape index (κ3) is 4.85. The minimum atomic E-state index is -1.17.